The summed E-state index contributed by atoms with van der Waals surface area (Å²) in [5.74, 6) is 0. The fourth-order valence-electron chi connectivity index (χ4n) is 1.63. The Morgan fingerprint density at radius 3 is 2.23 bits per heavy atom. The van der Waals surface area contributed by atoms with Crippen LogP contribution >= 0.6 is 15.9 Å². The molecule has 0 bridgehead atoms. The molecule has 0 heterocycles. The van der Waals surface area contributed by atoms with E-state index in [2.05, 4.69) is 26.5 Å². The van der Waals surface area contributed by atoms with E-state index in [1.807, 2.05) is 6.92 Å². The number of carbonyl (C=O) groups excluding carboxylic acids is 1. The molecule has 2 rings (SSSR count). The van der Waals surface area contributed by atoms with Crippen molar-refractivity contribution in [1.29, 1.82) is 0 Å². The Bertz CT molecular complexity index is 798. The van der Waals surface area contributed by atoms with Gasteiger partial charge in [-0.05, 0) is 43.3 Å². The fourth-order valence-corrected chi connectivity index (χ4v) is 2.92. The number of hydrogen-bond acceptors (Lipinski definition) is 5. The summed E-state index contributed by atoms with van der Waals surface area (Å²) in [6, 6.07) is 13.2. The summed E-state index contributed by atoms with van der Waals surface area (Å²) < 4.78 is 25.6. The molecule has 0 spiro atoms. The fraction of sp³-hybridized carbons (Fsp3) is 0.0667. The van der Waals surface area contributed by atoms with E-state index < -0.39 is 14.9 Å². The molecule has 0 aliphatic carbocycles. The highest BCUT2D eigenvalue weighted by Crippen LogP contribution is 2.16. The van der Waals surface area contributed by atoms with Gasteiger partial charge >= 0.3 is 0 Å². The third kappa shape index (κ3) is 3.80. The molecule has 0 aromatic heterocycles. The van der Waals surface area contributed by atoms with E-state index in [0.717, 1.165) is 10.0 Å². The SMILES string of the molecule is Cc1ccc(S(=O)(=O)C(C=O)=NNc2ccc(Br)cc2)cc1. The summed E-state index contributed by atoms with van der Waals surface area (Å²) >= 11 is 3.29. The molecule has 0 atom stereocenters. The average molecular weight is 381 g/mol. The summed E-state index contributed by atoms with van der Waals surface area (Å²) in [4.78, 5) is 11.1. The maximum Gasteiger partial charge on any atom is 0.228 e. The van der Waals surface area contributed by atoms with E-state index in [1.165, 1.54) is 12.1 Å². The number of aryl methyl sites for hydroxylation is 1. The summed E-state index contributed by atoms with van der Waals surface area (Å²) in [6.07, 6.45) is 0.223. The van der Waals surface area contributed by atoms with Gasteiger partial charge in [0.1, 0.15) is 0 Å². The van der Waals surface area contributed by atoms with Crippen molar-refractivity contribution < 1.29 is 13.2 Å². The molecule has 0 saturated carbocycles. The topological polar surface area (TPSA) is 75.6 Å². The minimum absolute atomic E-state index is 0.0292. The number of sulfone groups is 1. The Labute approximate surface area is 137 Å². The lowest BCUT2D eigenvalue weighted by atomic mass is 10.2. The highest BCUT2D eigenvalue weighted by Gasteiger charge is 2.22. The van der Waals surface area contributed by atoms with Gasteiger partial charge in [-0.15, -0.1) is 0 Å². The molecule has 0 fully saturated rings. The first-order valence-corrected chi connectivity index (χ1v) is 8.57. The van der Waals surface area contributed by atoms with E-state index in [0.29, 0.717) is 5.69 Å². The number of nitrogens with zero attached hydrogens (tertiary/aromatic N) is 1. The summed E-state index contributed by atoms with van der Waals surface area (Å²) in [7, 11) is -3.94. The molecule has 5 nitrogen and oxygen atoms in total. The van der Waals surface area contributed by atoms with E-state index in [4.69, 9.17) is 0 Å². The van der Waals surface area contributed by atoms with E-state index in [1.54, 1.807) is 36.4 Å². The van der Waals surface area contributed by atoms with Crippen molar-refractivity contribution in [3.63, 3.8) is 0 Å². The van der Waals surface area contributed by atoms with Crippen LogP contribution in [0.4, 0.5) is 5.69 Å². The quantitative estimate of drug-likeness (QED) is 0.382. The Kier molecular flexibility index (Phi) is 5.10. The van der Waals surface area contributed by atoms with Crippen LogP contribution in [-0.4, -0.2) is 19.7 Å². The normalized spacial score (nSPS) is 12.0. The zero-order valence-electron chi connectivity index (χ0n) is 11.7. The minimum Gasteiger partial charge on any atom is -0.295 e. The molecular weight excluding hydrogens is 368 g/mol. The van der Waals surface area contributed by atoms with Gasteiger partial charge < -0.3 is 0 Å². The third-order valence-corrected chi connectivity index (χ3v) is 5.01. The van der Waals surface area contributed by atoms with Gasteiger partial charge in [-0.2, -0.15) is 5.10 Å². The number of benzene rings is 2. The first-order chi connectivity index (χ1) is 10.4. The van der Waals surface area contributed by atoms with E-state index in [-0.39, 0.29) is 11.2 Å². The number of hydrazone groups is 1. The zero-order valence-corrected chi connectivity index (χ0v) is 14.1. The van der Waals surface area contributed by atoms with Gasteiger partial charge in [-0.3, -0.25) is 10.2 Å². The lowest BCUT2D eigenvalue weighted by Crippen LogP contribution is -2.18. The second-order valence-corrected chi connectivity index (χ2v) is 7.32. The Hall–Kier alpha value is -1.99. The van der Waals surface area contributed by atoms with Gasteiger partial charge in [0.05, 0.1) is 10.6 Å². The summed E-state index contributed by atoms with van der Waals surface area (Å²) in [6.45, 7) is 1.85. The molecule has 114 valence electrons. The second-order valence-electron chi connectivity index (χ2n) is 4.50. The molecule has 1 N–H and O–H groups in total. The number of halogens is 1. The van der Waals surface area contributed by atoms with Crippen LogP contribution in [0.25, 0.3) is 0 Å². The summed E-state index contributed by atoms with van der Waals surface area (Å²) in [5, 5.41) is 3.14. The van der Waals surface area contributed by atoms with E-state index >= 15 is 0 Å². The number of hydrogen-bond donors (Lipinski definition) is 1. The number of carbonyl (C=O) groups is 1. The van der Waals surface area contributed by atoms with Gasteiger partial charge in [0.2, 0.25) is 14.9 Å². The third-order valence-electron chi connectivity index (χ3n) is 2.85. The van der Waals surface area contributed by atoms with E-state index in [9.17, 15) is 13.2 Å². The predicted molar refractivity (Wildman–Crippen MR) is 89.6 cm³/mol. The monoisotopic (exact) mass is 380 g/mol. The Balaban J connectivity index is 2.29. The van der Waals surface area contributed by atoms with Crippen LogP contribution in [-0.2, 0) is 14.6 Å². The predicted octanol–water partition coefficient (Wildman–Crippen LogP) is 3.16. The Morgan fingerprint density at radius 1 is 1.09 bits per heavy atom. The van der Waals surface area contributed by atoms with Gasteiger partial charge in [-0.1, -0.05) is 33.6 Å². The molecule has 2 aromatic carbocycles. The molecule has 0 aliphatic heterocycles. The maximum atomic E-state index is 12.3. The lowest BCUT2D eigenvalue weighted by Gasteiger charge is -2.05. The maximum absolute atomic E-state index is 12.3. The smallest absolute Gasteiger partial charge is 0.228 e. The first kappa shape index (κ1) is 16.4. The zero-order chi connectivity index (χ0) is 16.2. The van der Waals surface area contributed by atoms with Gasteiger partial charge in [-0.25, -0.2) is 8.42 Å². The Morgan fingerprint density at radius 2 is 1.68 bits per heavy atom. The largest absolute Gasteiger partial charge is 0.295 e. The molecule has 0 unspecified atom stereocenters. The summed E-state index contributed by atoms with van der Waals surface area (Å²) in [5.41, 5.74) is 4.07. The van der Waals surface area contributed by atoms with Crippen LogP contribution in [0.5, 0.6) is 0 Å². The van der Waals surface area contributed by atoms with Crippen LogP contribution in [0.1, 0.15) is 5.56 Å². The average Bonchev–Trinajstić information content (AvgIpc) is 2.50. The van der Waals surface area contributed by atoms with Crippen molar-refractivity contribution in [2.75, 3.05) is 5.43 Å². The van der Waals surface area contributed by atoms with Gasteiger partial charge in [0, 0.05) is 4.47 Å². The van der Waals surface area contributed by atoms with Crippen LogP contribution in [0.3, 0.4) is 0 Å². The van der Waals surface area contributed by atoms with Crippen LogP contribution < -0.4 is 5.43 Å². The first-order valence-electron chi connectivity index (χ1n) is 6.29. The molecular formula is C15H13BrN2O3S. The standard InChI is InChI=1S/C15H13BrN2O3S/c1-11-2-8-14(9-3-11)22(20,21)15(10-19)18-17-13-6-4-12(16)5-7-13/h2-10,17H,1H3. The van der Waals surface area contributed by atoms with Crippen molar-refractivity contribution in [3.8, 4) is 0 Å². The molecule has 7 heteroatoms. The van der Waals surface area contributed by atoms with Crippen molar-refractivity contribution in [2.24, 2.45) is 5.10 Å². The molecule has 22 heavy (non-hydrogen) atoms. The highest BCUT2D eigenvalue weighted by molar-refractivity contribution is 9.10. The second kappa shape index (κ2) is 6.85. The van der Waals surface area contributed by atoms with Crippen molar-refractivity contribution >= 4 is 42.8 Å². The lowest BCUT2D eigenvalue weighted by molar-refractivity contribution is -0.102. The van der Waals surface area contributed by atoms with Crippen molar-refractivity contribution in [1.82, 2.24) is 0 Å². The van der Waals surface area contributed by atoms with Crippen LogP contribution in [0.2, 0.25) is 0 Å². The molecule has 0 radical (unpaired) electrons. The minimum atomic E-state index is -3.94. The van der Waals surface area contributed by atoms with Crippen molar-refractivity contribution in [2.45, 2.75) is 11.8 Å². The van der Waals surface area contributed by atoms with Crippen LogP contribution in [0.15, 0.2) is 63.0 Å². The number of aldehydes is 1. The molecule has 0 amide bonds. The van der Waals surface area contributed by atoms with Crippen LogP contribution in [0, 0.1) is 6.92 Å². The van der Waals surface area contributed by atoms with Gasteiger partial charge in [0.25, 0.3) is 0 Å². The highest BCUT2D eigenvalue weighted by atomic mass is 79.9. The molecule has 2 aromatic rings. The van der Waals surface area contributed by atoms with Gasteiger partial charge in [0.15, 0.2) is 6.29 Å². The number of anilines is 1. The number of rotatable bonds is 4. The molecule has 0 aliphatic rings. The van der Waals surface area contributed by atoms with Crippen molar-refractivity contribution in [3.05, 3.63) is 58.6 Å². The molecule has 0 saturated heterocycles. The number of nitrogens with one attached hydrogen (secondary N) is 1.